The van der Waals surface area contributed by atoms with E-state index >= 15 is 0 Å². The van der Waals surface area contributed by atoms with Crippen molar-refractivity contribution in [2.45, 2.75) is 68.3 Å². The van der Waals surface area contributed by atoms with E-state index in [0.717, 1.165) is 18.4 Å². The molecule has 3 amide bonds. The molecule has 1 aliphatic carbocycles. The molecular weight excluding hydrogens is 428 g/mol. The number of hydrogen-bond donors (Lipinski definition) is 2. The molecule has 174 valence electrons. The van der Waals surface area contributed by atoms with Crippen LogP contribution in [0.1, 0.15) is 57.4 Å². The zero-order valence-corrected chi connectivity index (χ0v) is 19.7. The van der Waals surface area contributed by atoms with Crippen LogP contribution in [0.5, 0.6) is 0 Å². The van der Waals surface area contributed by atoms with E-state index in [1.807, 2.05) is 26.0 Å². The molecule has 9 heteroatoms. The van der Waals surface area contributed by atoms with Gasteiger partial charge in [-0.05, 0) is 55.7 Å². The molecule has 0 radical (unpaired) electrons. The monoisotopic (exact) mass is 460 g/mol. The third-order valence-corrected chi connectivity index (χ3v) is 7.26. The van der Waals surface area contributed by atoms with Gasteiger partial charge in [0.05, 0.1) is 11.0 Å². The van der Waals surface area contributed by atoms with E-state index in [-0.39, 0.29) is 28.7 Å². The molecule has 3 rings (SSSR count). The van der Waals surface area contributed by atoms with Crippen LogP contribution in [0.3, 0.4) is 0 Å². The van der Waals surface area contributed by atoms with Gasteiger partial charge >= 0.3 is 6.03 Å². The molecule has 1 saturated heterocycles. The minimum atomic E-state index is -3.25. The molecule has 0 aromatic heterocycles. The Bertz CT molecular complexity index is 994. The van der Waals surface area contributed by atoms with Crippen molar-refractivity contribution in [1.82, 2.24) is 15.5 Å². The van der Waals surface area contributed by atoms with Crippen LogP contribution < -0.4 is 10.6 Å². The van der Waals surface area contributed by atoms with Crippen LogP contribution >= 0.6 is 0 Å². The topological polar surface area (TPSA) is 119 Å². The van der Waals surface area contributed by atoms with Gasteiger partial charge in [0.15, 0.2) is 9.84 Å². The second-order valence-electron chi connectivity index (χ2n) is 9.44. The van der Waals surface area contributed by atoms with Crippen LogP contribution in [-0.2, 0) is 14.6 Å². The molecule has 0 spiro atoms. The molecule has 8 nitrogen and oxygen atoms in total. The molecule has 2 N–H and O–H groups in total. The smallest absolute Gasteiger partial charge is 0.318 e. The average Bonchev–Trinajstić information content (AvgIpc) is 3.52. The first-order valence-electron chi connectivity index (χ1n) is 11.1. The van der Waals surface area contributed by atoms with Gasteiger partial charge in [-0.1, -0.05) is 26.0 Å². The van der Waals surface area contributed by atoms with E-state index < -0.39 is 21.4 Å². The van der Waals surface area contributed by atoms with Gasteiger partial charge in [0, 0.05) is 25.3 Å². The van der Waals surface area contributed by atoms with Crippen LogP contribution in [-0.4, -0.2) is 56.2 Å². The molecule has 1 saturated carbocycles. The van der Waals surface area contributed by atoms with Gasteiger partial charge in [-0.15, -0.1) is 0 Å². The van der Waals surface area contributed by atoms with Gasteiger partial charge in [0.25, 0.3) is 0 Å². The fourth-order valence-electron chi connectivity index (χ4n) is 4.08. The number of benzene rings is 1. The van der Waals surface area contributed by atoms with Gasteiger partial charge in [-0.2, -0.15) is 5.26 Å². The van der Waals surface area contributed by atoms with Crippen LogP contribution in [0, 0.1) is 17.2 Å². The normalized spacial score (nSPS) is 20.8. The summed E-state index contributed by atoms with van der Waals surface area (Å²) < 4.78 is 23.4. The van der Waals surface area contributed by atoms with Crippen molar-refractivity contribution in [3.63, 3.8) is 0 Å². The molecule has 2 fully saturated rings. The Kier molecular flexibility index (Phi) is 7.13. The molecule has 32 heavy (non-hydrogen) atoms. The molecule has 1 heterocycles. The fraction of sp³-hybridized carbons (Fsp3) is 0.609. The number of carbonyl (C=O) groups is 2. The zero-order valence-electron chi connectivity index (χ0n) is 18.9. The van der Waals surface area contributed by atoms with Crippen LogP contribution in [0.15, 0.2) is 29.2 Å². The number of sulfone groups is 1. The molecule has 2 aliphatic rings. The Morgan fingerprint density at radius 3 is 2.44 bits per heavy atom. The summed E-state index contributed by atoms with van der Waals surface area (Å²) in [6.45, 7) is 5.07. The molecule has 0 bridgehead atoms. The number of nitrogens with one attached hydrogen (secondary N) is 2. The second kappa shape index (κ2) is 9.49. The average molecular weight is 461 g/mol. The highest BCUT2D eigenvalue weighted by Gasteiger charge is 2.45. The summed E-state index contributed by atoms with van der Waals surface area (Å²) in [5.41, 5.74) is 0.224. The van der Waals surface area contributed by atoms with Crippen molar-refractivity contribution < 1.29 is 18.0 Å². The number of carbonyl (C=O) groups excluding carboxylic acids is 2. The van der Waals surface area contributed by atoms with Crippen LogP contribution in [0.25, 0.3) is 0 Å². The lowest BCUT2D eigenvalue weighted by atomic mass is 9.91. The van der Waals surface area contributed by atoms with E-state index in [9.17, 15) is 23.3 Å². The van der Waals surface area contributed by atoms with E-state index in [0.29, 0.717) is 32.4 Å². The standard InChI is InChI=1S/C23H32N4O4S/c1-16(2)13-20(21(28)26-23(15-24)10-11-23)25-22(29)27-12-4-5-18(14-27)17-6-8-19(9-7-17)32(3,30)31/h6-9,16,18,20H,4-5,10-14H2,1-3H3,(H,25,29)(H,26,28). The number of hydrogen-bond acceptors (Lipinski definition) is 5. The summed E-state index contributed by atoms with van der Waals surface area (Å²) in [4.78, 5) is 27.8. The maximum atomic E-state index is 13.0. The Hall–Kier alpha value is -2.60. The number of urea groups is 1. The highest BCUT2D eigenvalue weighted by atomic mass is 32.2. The number of piperidine rings is 1. The van der Waals surface area contributed by atoms with E-state index in [1.54, 1.807) is 17.0 Å². The van der Waals surface area contributed by atoms with E-state index in [4.69, 9.17) is 0 Å². The summed E-state index contributed by atoms with van der Waals surface area (Å²) in [6, 6.07) is 8.02. The Labute approximate surface area is 190 Å². The number of nitrogens with zero attached hydrogens (tertiary/aromatic N) is 2. The molecule has 1 aromatic rings. The quantitative estimate of drug-likeness (QED) is 0.648. The third-order valence-electron chi connectivity index (χ3n) is 6.14. The van der Waals surface area contributed by atoms with Crippen molar-refractivity contribution in [2.24, 2.45) is 5.92 Å². The largest absolute Gasteiger partial charge is 0.336 e. The second-order valence-corrected chi connectivity index (χ2v) is 11.5. The maximum Gasteiger partial charge on any atom is 0.318 e. The van der Waals surface area contributed by atoms with Crippen LogP contribution in [0.4, 0.5) is 4.79 Å². The number of nitriles is 1. The molecule has 1 aliphatic heterocycles. The van der Waals surface area contributed by atoms with Gasteiger partial charge < -0.3 is 15.5 Å². The first kappa shape index (κ1) is 24.1. The summed E-state index contributed by atoms with van der Waals surface area (Å²) >= 11 is 0. The van der Waals surface area contributed by atoms with E-state index in [2.05, 4.69) is 16.7 Å². The number of rotatable bonds is 7. The lowest BCUT2D eigenvalue weighted by Gasteiger charge is -2.34. The number of amides is 3. The predicted molar refractivity (Wildman–Crippen MR) is 121 cm³/mol. The van der Waals surface area contributed by atoms with Crippen molar-refractivity contribution in [3.05, 3.63) is 29.8 Å². The Morgan fingerprint density at radius 1 is 1.25 bits per heavy atom. The molecule has 1 aromatic carbocycles. The lowest BCUT2D eigenvalue weighted by molar-refractivity contribution is -0.124. The SMILES string of the molecule is CC(C)CC(NC(=O)N1CCCC(c2ccc(S(C)(=O)=O)cc2)C1)C(=O)NC1(C#N)CC1. The van der Waals surface area contributed by atoms with Crippen molar-refractivity contribution in [1.29, 1.82) is 5.26 Å². The predicted octanol–water partition coefficient (Wildman–Crippen LogP) is 2.57. The maximum absolute atomic E-state index is 13.0. The first-order valence-corrected chi connectivity index (χ1v) is 13.0. The molecule has 2 atom stereocenters. The summed E-state index contributed by atoms with van der Waals surface area (Å²) in [5, 5.41) is 14.9. The molecular formula is C23H32N4O4S. The Morgan fingerprint density at radius 2 is 1.91 bits per heavy atom. The number of likely N-dealkylation sites (tertiary alicyclic amines) is 1. The van der Waals surface area contributed by atoms with Crippen molar-refractivity contribution in [3.8, 4) is 6.07 Å². The van der Waals surface area contributed by atoms with Gasteiger partial charge in [0.1, 0.15) is 11.6 Å². The van der Waals surface area contributed by atoms with Gasteiger partial charge in [-0.3, -0.25) is 4.79 Å². The van der Waals surface area contributed by atoms with Crippen LogP contribution in [0.2, 0.25) is 0 Å². The third kappa shape index (κ3) is 6.00. The minimum absolute atomic E-state index is 0.105. The zero-order chi connectivity index (χ0) is 23.5. The highest BCUT2D eigenvalue weighted by molar-refractivity contribution is 7.90. The summed E-state index contributed by atoms with van der Waals surface area (Å²) in [6.07, 6.45) is 4.68. The first-order chi connectivity index (χ1) is 15.0. The van der Waals surface area contributed by atoms with Gasteiger partial charge in [-0.25, -0.2) is 13.2 Å². The minimum Gasteiger partial charge on any atom is -0.336 e. The highest BCUT2D eigenvalue weighted by Crippen LogP contribution is 2.34. The van der Waals surface area contributed by atoms with E-state index in [1.165, 1.54) is 6.26 Å². The fourth-order valence-corrected chi connectivity index (χ4v) is 4.71. The summed E-state index contributed by atoms with van der Waals surface area (Å²) in [7, 11) is -3.25. The molecule has 2 unspecified atom stereocenters. The van der Waals surface area contributed by atoms with Gasteiger partial charge in [0.2, 0.25) is 5.91 Å². The van der Waals surface area contributed by atoms with Crippen molar-refractivity contribution in [2.75, 3.05) is 19.3 Å². The summed E-state index contributed by atoms with van der Waals surface area (Å²) in [5.74, 6) is -0.00409. The van der Waals surface area contributed by atoms with Crippen molar-refractivity contribution >= 4 is 21.8 Å². The lowest BCUT2D eigenvalue weighted by Crippen LogP contribution is -2.55. The Balaban J connectivity index is 1.65.